The zero-order chi connectivity index (χ0) is 58.9. The van der Waals surface area contributed by atoms with Crippen molar-refractivity contribution in [3.05, 3.63) is 364 Å². The van der Waals surface area contributed by atoms with Gasteiger partial charge >= 0.3 is 0 Å². The summed E-state index contributed by atoms with van der Waals surface area (Å²) in [5, 5.41) is 0. The molecule has 14 rings (SSSR count). The van der Waals surface area contributed by atoms with Crippen molar-refractivity contribution in [2.24, 2.45) is 0 Å². The second kappa shape index (κ2) is 25.1. The Bertz CT molecular complexity index is 3810. The van der Waals surface area contributed by atoms with Crippen molar-refractivity contribution < 1.29 is 0 Å². The van der Waals surface area contributed by atoms with E-state index < -0.39 is 0 Å². The number of nitrogens with zero attached hydrogens (tertiary/aromatic N) is 8. The fraction of sp³-hybridized carbons (Fsp3) is 0. The van der Waals surface area contributed by atoms with E-state index in [1.807, 2.05) is 0 Å². The fourth-order valence-electron chi connectivity index (χ4n) is 11.7. The molecule has 13 aromatic carbocycles. The Morgan fingerprint density at radius 2 is 0.273 bits per heavy atom. The molecule has 0 unspecified atom stereocenters. The van der Waals surface area contributed by atoms with Crippen molar-refractivity contribution in [2.75, 3.05) is 29.4 Å². The van der Waals surface area contributed by atoms with E-state index in [1.54, 1.807) is 12.4 Å². The normalized spacial score (nSPS) is 11.0. The van der Waals surface area contributed by atoms with Crippen LogP contribution >= 0.6 is 0 Å². The third-order valence-corrected chi connectivity index (χ3v) is 15.6. The lowest BCUT2D eigenvalue weighted by Crippen LogP contribution is -2.15. The summed E-state index contributed by atoms with van der Waals surface area (Å²) in [5.41, 5.74) is 19.6. The molecule has 0 fully saturated rings. The third kappa shape index (κ3) is 11.2. The van der Waals surface area contributed by atoms with Gasteiger partial charge in [0, 0.05) is 103 Å². The first-order valence-electron chi connectivity index (χ1n) is 29.6. The van der Waals surface area contributed by atoms with Gasteiger partial charge in [0.05, 0.1) is 11.4 Å². The van der Waals surface area contributed by atoms with E-state index in [9.17, 15) is 0 Å². The van der Waals surface area contributed by atoms with Gasteiger partial charge in [-0.15, -0.1) is 0 Å². The lowest BCUT2D eigenvalue weighted by atomic mass is 10.1. The number of anilines is 18. The summed E-state index contributed by atoms with van der Waals surface area (Å²) >= 11 is 0. The molecule has 0 N–H and O–H groups in total. The quantitative estimate of drug-likeness (QED) is 0.0842. The molecule has 8 nitrogen and oxygen atoms in total. The highest BCUT2D eigenvalue weighted by Crippen LogP contribution is 2.48. The summed E-state index contributed by atoms with van der Waals surface area (Å²) in [4.78, 5) is 24.3. The van der Waals surface area contributed by atoms with E-state index in [-0.39, 0.29) is 0 Å². The molecule has 88 heavy (non-hydrogen) atoms. The summed E-state index contributed by atoms with van der Waals surface area (Å²) in [6.07, 6.45) is 3.60. The predicted octanol–water partition coefficient (Wildman–Crippen LogP) is 22.4. The zero-order valence-electron chi connectivity index (χ0n) is 48.2. The van der Waals surface area contributed by atoms with Crippen molar-refractivity contribution in [1.29, 1.82) is 0 Å². The van der Waals surface area contributed by atoms with Crippen LogP contribution in [-0.2, 0) is 0 Å². The number of benzene rings is 13. The van der Waals surface area contributed by atoms with Crippen LogP contribution in [-0.4, -0.2) is 9.97 Å². The van der Waals surface area contributed by atoms with Gasteiger partial charge in [0.25, 0.3) is 0 Å². The standard InChI is InChI=1S/C80H60N8/c1-9-25-61(26-10-1)83(62-27-11-2-12-28-62)69-41-49-73(50-42-69)87(74-51-43-70(44-52-74)84(63-29-13-3-14-30-63)64-31-15-4-16-32-64)77-57-58-78(80-79(77)81-59-60-82-80)88(75-53-45-71(46-54-75)85(65-33-17-5-18-34-65)66-35-19-6-20-36-66)76-55-47-72(48-56-76)86(67-37-21-7-22-38-67)68-39-23-8-24-40-68/h1-60H. The maximum absolute atomic E-state index is 5.28. The largest absolute Gasteiger partial charge is 0.311 e. The van der Waals surface area contributed by atoms with Crippen LogP contribution in [0.5, 0.6) is 0 Å². The van der Waals surface area contributed by atoms with Crippen LogP contribution in [0.4, 0.5) is 102 Å². The second-order valence-electron chi connectivity index (χ2n) is 21.1. The van der Waals surface area contributed by atoms with Gasteiger partial charge in [-0.05, 0) is 206 Å². The number of rotatable bonds is 18. The summed E-state index contributed by atoms with van der Waals surface area (Å²) < 4.78 is 0. The van der Waals surface area contributed by atoms with E-state index in [0.717, 1.165) is 113 Å². The number of fused-ring (bicyclic) bond motifs is 1. The maximum atomic E-state index is 5.28. The molecule has 0 atom stereocenters. The van der Waals surface area contributed by atoms with Crippen LogP contribution in [0, 0.1) is 0 Å². The molecule has 1 heterocycles. The van der Waals surface area contributed by atoms with Crippen molar-refractivity contribution in [1.82, 2.24) is 9.97 Å². The van der Waals surface area contributed by atoms with Crippen LogP contribution in [0.3, 0.4) is 0 Å². The van der Waals surface area contributed by atoms with Gasteiger partial charge < -0.3 is 29.4 Å². The lowest BCUT2D eigenvalue weighted by molar-refractivity contribution is 1.21. The molecular formula is C80H60N8. The minimum atomic E-state index is 0.732. The molecule has 0 aliphatic rings. The zero-order valence-corrected chi connectivity index (χ0v) is 48.2. The Balaban J connectivity index is 0.923. The minimum absolute atomic E-state index is 0.732. The van der Waals surface area contributed by atoms with Crippen LogP contribution < -0.4 is 29.4 Å². The molecule has 420 valence electrons. The molecule has 0 bridgehead atoms. The smallest absolute Gasteiger partial charge is 0.115 e. The molecule has 0 saturated carbocycles. The molecule has 0 aliphatic carbocycles. The molecule has 14 aromatic rings. The topological polar surface area (TPSA) is 45.2 Å². The summed E-state index contributed by atoms with van der Waals surface area (Å²) in [6, 6.07) is 124. The van der Waals surface area contributed by atoms with Crippen LogP contribution in [0.15, 0.2) is 364 Å². The van der Waals surface area contributed by atoms with Gasteiger partial charge in [0.1, 0.15) is 11.0 Å². The SMILES string of the molecule is c1ccc(N(c2ccccc2)c2ccc(N(c3ccc(N(c4ccccc4)c4ccccc4)cc3)c3ccc(N(c4ccc(N(c5ccccc5)c5ccccc5)cc4)c4ccc(N(c5ccccc5)c5ccccc5)cc4)c4nccnc34)cc2)cc1. The predicted molar refractivity (Wildman–Crippen MR) is 368 cm³/mol. The van der Waals surface area contributed by atoms with E-state index in [0.29, 0.717) is 0 Å². The van der Waals surface area contributed by atoms with E-state index in [1.165, 1.54) is 0 Å². The number of hydrogen-bond donors (Lipinski definition) is 0. The van der Waals surface area contributed by atoms with Crippen molar-refractivity contribution in [3.8, 4) is 0 Å². The highest BCUT2D eigenvalue weighted by molar-refractivity contribution is 6.04. The molecule has 0 aliphatic heterocycles. The van der Waals surface area contributed by atoms with Gasteiger partial charge in [-0.2, -0.15) is 0 Å². The number of para-hydroxylation sites is 8. The van der Waals surface area contributed by atoms with Crippen molar-refractivity contribution in [2.45, 2.75) is 0 Å². The van der Waals surface area contributed by atoms with Gasteiger partial charge in [-0.3, -0.25) is 9.97 Å². The molecule has 1 aromatic heterocycles. The Kier molecular flexibility index (Phi) is 15.4. The monoisotopic (exact) mass is 1130 g/mol. The minimum Gasteiger partial charge on any atom is -0.311 e. The second-order valence-corrected chi connectivity index (χ2v) is 21.1. The lowest BCUT2D eigenvalue weighted by Gasteiger charge is -2.31. The highest BCUT2D eigenvalue weighted by Gasteiger charge is 2.25. The van der Waals surface area contributed by atoms with E-state index >= 15 is 0 Å². The van der Waals surface area contributed by atoms with Crippen LogP contribution in [0.25, 0.3) is 11.0 Å². The van der Waals surface area contributed by atoms with Crippen molar-refractivity contribution in [3.63, 3.8) is 0 Å². The van der Waals surface area contributed by atoms with Gasteiger partial charge in [0.15, 0.2) is 0 Å². The molecule has 8 heteroatoms. The summed E-state index contributed by atoms with van der Waals surface area (Å²) in [7, 11) is 0. The third-order valence-electron chi connectivity index (χ3n) is 15.6. The Morgan fingerprint density at radius 3 is 0.432 bits per heavy atom. The number of aromatic nitrogens is 2. The van der Waals surface area contributed by atoms with Crippen molar-refractivity contribution >= 4 is 113 Å². The Morgan fingerprint density at radius 1 is 0.136 bits per heavy atom. The molecule has 0 amide bonds. The molecular weight excluding hydrogens is 1070 g/mol. The molecule has 0 radical (unpaired) electrons. The first-order valence-corrected chi connectivity index (χ1v) is 29.6. The average molecular weight is 1130 g/mol. The van der Waals surface area contributed by atoms with E-state index in [2.05, 4.69) is 381 Å². The Labute approximate surface area is 514 Å². The van der Waals surface area contributed by atoms with Gasteiger partial charge in [-0.1, -0.05) is 146 Å². The van der Waals surface area contributed by atoms with Gasteiger partial charge in [0.2, 0.25) is 0 Å². The first kappa shape index (κ1) is 54.0. The van der Waals surface area contributed by atoms with E-state index in [4.69, 9.17) is 9.97 Å². The first-order chi connectivity index (χ1) is 43.7. The van der Waals surface area contributed by atoms with Crippen LogP contribution in [0.2, 0.25) is 0 Å². The highest BCUT2D eigenvalue weighted by atomic mass is 15.2. The van der Waals surface area contributed by atoms with Crippen LogP contribution in [0.1, 0.15) is 0 Å². The Hall–Kier alpha value is -12.0. The van der Waals surface area contributed by atoms with Gasteiger partial charge in [-0.25, -0.2) is 0 Å². The maximum Gasteiger partial charge on any atom is 0.115 e. The number of hydrogen-bond acceptors (Lipinski definition) is 8. The summed E-state index contributed by atoms with van der Waals surface area (Å²) in [5.74, 6) is 0. The fourth-order valence-corrected chi connectivity index (χ4v) is 11.7. The average Bonchev–Trinajstić information content (AvgIpc) is 2.28. The molecule has 0 spiro atoms. The summed E-state index contributed by atoms with van der Waals surface area (Å²) in [6.45, 7) is 0. The molecule has 0 saturated heterocycles.